The summed E-state index contributed by atoms with van der Waals surface area (Å²) in [5, 5.41) is 4.12. The smallest absolute Gasteiger partial charge is 0.241 e. The molecule has 2 saturated heterocycles. The molecule has 4 rings (SSSR count). The maximum atomic E-state index is 12.8. The predicted octanol–water partition coefficient (Wildman–Crippen LogP) is 1.74. The third-order valence-electron chi connectivity index (χ3n) is 6.22. The van der Waals surface area contributed by atoms with Crippen LogP contribution in [0.1, 0.15) is 18.7 Å². The van der Waals surface area contributed by atoms with Gasteiger partial charge in [0.2, 0.25) is 17.6 Å². The van der Waals surface area contributed by atoms with Crippen molar-refractivity contribution in [3.8, 4) is 22.9 Å². The number of carbonyl (C=O) groups excluding carboxylic acids is 1. The highest BCUT2D eigenvalue weighted by Gasteiger charge is 2.30. The van der Waals surface area contributed by atoms with Gasteiger partial charge in [0.05, 0.1) is 20.8 Å². The summed E-state index contributed by atoms with van der Waals surface area (Å²) in [7, 11) is 5.31. The minimum atomic E-state index is 0.129. The molecule has 2 fully saturated rings. The molecule has 0 saturated carbocycles. The van der Waals surface area contributed by atoms with Gasteiger partial charge in [-0.15, -0.1) is 0 Å². The van der Waals surface area contributed by atoms with E-state index < -0.39 is 0 Å². The molecular weight excluding hydrogens is 398 g/mol. The summed E-state index contributed by atoms with van der Waals surface area (Å²) in [4.78, 5) is 23.9. The van der Waals surface area contributed by atoms with E-state index in [1.165, 1.54) is 0 Å². The molecule has 2 aromatic rings. The van der Waals surface area contributed by atoms with Crippen molar-refractivity contribution < 1.29 is 18.8 Å². The lowest BCUT2D eigenvalue weighted by Gasteiger charge is -2.37. The number of likely N-dealkylation sites (tertiary alicyclic amines) is 1. The maximum Gasteiger partial charge on any atom is 0.241 e. The first-order chi connectivity index (χ1) is 15.1. The van der Waals surface area contributed by atoms with Gasteiger partial charge in [0.1, 0.15) is 0 Å². The monoisotopic (exact) mass is 429 g/mol. The van der Waals surface area contributed by atoms with E-state index in [0.717, 1.165) is 57.7 Å². The van der Waals surface area contributed by atoms with Crippen LogP contribution in [0.4, 0.5) is 0 Å². The molecule has 9 nitrogen and oxygen atoms in total. The maximum absolute atomic E-state index is 12.8. The summed E-state index contributed by atoms with van der Waals surface area (Å²) in [6.45, 7) is 5.92. The van der Waals surface area contributed by atoms with E-state index in [2.05, 4.69) is 27.0 Å². The van der Waals surface area contributed by atoms with E-state index in [-0.39, 0.29) is 5.92 Å². The number of rotatable bonds is 6. The number of benzene rings is 1. The minimum Gasteiger partial charge on any atom is -0.493 e. The van der Waals surface area contributed by atoms with E-state index in [4.69, 9.17) is 14.0 Å². The van der Waals surface area contributed by atoms with Crippen LogP contribution in [0.25, 0.3) is 11.4 Å². The van der Waals surface area contributed by atoms with Gasteiger partial charge in [-0.3, -0.25) is 9.69 Å². The molecule has 0 spiro atoms. The lowest BCUT2D eigenvalue weighted by Crippen LogP contribution is -2.50. The highest BCUT2D eigenvalue weighted by atomic mass is 16.5. The number of piperidine rings is 1. The Bertz CT molecular complexity index is 886. The van der Waals surface area contributed by atoms with Crippen LogP contribution < -0.4 is 9.47 Å². The van der Waals surface area contributed by atoms with Crippen LogP contribution in [0.3, 0.4) is 0 Å². The Hall–Kier alpha value is -2.65. The second kappa shape index (κ2) is 9.65. The fourth-order valence-corrected chi connectivity index (χ4v) is 4.23. The van der Waals surface area contributed by atoms with Gasteiger partial charge in [-0.25, -0.2) is 0 Å². The first kappa shape index (κ1) is 21.6. The number of methoxy groups -OCH3 is 2. The summed E-state index contributed by atoms with van der Waals surface area (Å²) in [5.74, 6) is 2.83. The lowest BCUT2D eigenvalue weighted by molar-refractivity contribution is -0.138. The summed E-state index contributed by atoms with van der Waals surface area (Å²) in [5.41, 5.74) is 0.809. The third-order valence-corrected chi connectivity index (χ3v) is 6.22. The molecular formula is C22H31N5O4. The average Bonchev–Trinajstić information content (AvgIpc) is 3.27. The van der Waals surface area contributed by atoms with E-state index in [9.17, 15) is 4.79 Å². The molecule has 0 unspecified atom stereocenters. The van der Waals surface area contributed by atoms with Crippen LogP contribution in [0.2, 0.25) is 0 Å². The summed E-state index contributed by atoms with van der Waals surface area (Å²) >= 11 is 0. The quantitative estimate of drug-likeness (QED) is 0.687. The van der Waals surface area contributed by atoms with Crippen molar-refractivity contribution >= 4 is 5.91 Å². The zero-order valence-corrected chi connectivity index (χ0v) is 18.5. The van der Waals surface area contributed by atoms with E-state index in [1.54, 1.807) is 14.2 Å². The Labute approximate surface area is 182 Å². The second-order valence-electron chi connectivity index (χ2n) is 8.26. The van der Waals surface area contributed by atoms with Crippen molar-refractivity contribution in [3.63, 3.8) is 0 Å². The number of nitrogens with zero attached hydrogens (tertiary/aromatic N) is 5. The number of amides is 1. The molecule has 2 aliphatic heterocycles. The van der Waals surface area contributed by atoms with Crippen molar-refractivity contribution in [3.05, 3.63) is 24.1 Å². The SMILES string of the molecule is COc1ccc(-c2noc(CN3CCC(C(=O)N4CCN(C)CC4)CC3)n2)cc1OC. The third kappa shape index (κ3) is 4.99. The molecule has 0 aliphatic carbocycles. The number of likely N-dealkylation sites (N-methyl/N-ethyl adjacent to an activating group) is 1. The van der Waals surface area contributed by atoms with Gasteiger partial charge in [-0.1, -0.05) is 5.16 Å². The largest absolute Gasteiger partial charge is 0.493 e. The van der Waals surface area contributed by atoms with Crippen LogP contribution >= 0.6 is 0 Å². The topological polar surface area (TPSA) is 84.2 Å². The van der Waals surface area contributed by atoms with E-state index >= 15 is 0 Å². The van der Waals surface area contributed by atoms with Crippen molar-refractivity contribution in [2.45, 2.75) is 19.4 Å². The molecule has 3 heterocycles. The van der Waals surface area contributed by atoms with Gasteiger partial charge in [0.25, 0.3) is 0 Å². The molecule has 2 aliphatic rings. The highest BCUT2D eigenvalue weighted by molar-refractivity contribution is 5.79. The fourth-order valence-electron chi connectivity index (χ4n) is 4.23. The van der Waals surface area contributed by atoms with E-state index in [0.29, 0.717) is 35.7 Å². The van der Waals surface area contributed by atoms with Crippen molar-refractivity contribution in [2.24, 2.45) is 5.92 Å². The molecule has 1 aromatic heterocycles. The number of carbonyl (C=O) groups is 1. The molecule has 0 atom stereocenters. The Balaban J connectivity index is 1.31. The zero-order chi connectivity index (χ0) is 21.8. The Kier molecular flexibility index (Phi) is 6.72. The molecule has 0 radical (unpaired) electrons. The van der Waals surface area contributed by atoms with Crippen LogP contribution in [-0.4, -0.2) is 91.3 Å². The van der Waals surface area contributed by atoms with Gasteiger partial charge in [0, 0.05) is 37.7 Å². The lowest BCUT2D eigenvalue weighted by atomic mass is 9.95. The van der Waals surface area contributed by atoms with Gasteiger partial charge in [-0.05, 0) is 51.2 Å². The number of hydrogen-bond acceptors (Lipinski definition) is 8. The van der Waals surface area contributed by atoms with Crippen molar-refractivity contribution in [2.75, 3.05) is 60.5 Å². The van der Waals surface area contributed by atoms with Gasteiger partial charge in [0.15, 0.2) is 11.5 Å². The number of hydrogen-bond donors (Lipinski definition) is 0. The first-order valence-corrected chi connectivity index (χ1v) is 10.8. The molecule has 1 aromatic carbocycles. The van der Waals surface area contributed by atoms with Crippen LogP contribution in [0.15, 0.2) is 22.7 Å². The summed E-state index contributed by atoms with van der Waals surface area (Å²) in [6.07, 6.45) is 1.75. The van der Waals surface area contributed by atoms with Gasteiger partial charge < -0.3 is 23.8 Å². The molecule has 168 valence electrons. The minimum absolute atomic E-state index is 0.129. The Morgan fingerprint density at radius 1 is 1.06 bits per heavy atom. The second-order valence-corrected chi connectivity index (χ2v) is 8.26. The van der Waals surface area contributed by atoms with Crippen LogP contribution in [0.5, 0.6) is 11.5 Å². The summed E-state index contributed by atoms with van der Waals surface area (Å²) in [6, 6.07) is 5.54. The predicted molar refractivity (Wildman–Crippen MR) is 115 cm³/mol. The van der Waals surface area contributed by atoms with Gasteiger partial charge >= 0.3 is 0 Å². The number of ether oxygens (including phenoxy) is 2. The molecule has 31 heavy (non-hydrogen) atoms. The average molecular weight is 430 g/mol. The van der Waals surface area contributed by atoms with Crippen LogP contribution in [-0.2, 0) is 11.3 Å². The normalized spacial score (nSPS) is 18.9. The Morgan fingerprint density at radius 3 is 2.45 bits per heavy atom. The first-order valence-electron chi connectivity index (χ1n) is 10.8. The van der Waals surface area contributed by atoms with E-state index in [1.807, 2.05) is 23.1 Å². The molecule has 0 bridgehead atoms. The highest BCUT2D eigenvalue weighted by Crippen LogP contribution is 2.31. The summed E-state index contributed by atoms with van der Waals surface area (Å²) < 4.78 is 16.1. The van der Waals surface area contributed by atoms with Crippen molar-refractivity contribution in [1.82, 2.24) is 24.8 Å². The van der Waals surface area contributed by atoms with Gasteiger partial charge in [-0.2, -0.15) is 4.98 Å². The van der Waals surface area contributed by atoms with Crippen LogP contribution in [0, 0.1) is 5.92 Å². The Morgan fingerprint density at radius 2 is 1.77 bits per heavy atom. The zero-order valence-electron chi connectivity index (χ0n) is 18.5. The molecule has 0 N–H and O–H groups in total. The number of aromatic nitrogens is 2. The molecule has 9 heteroatoms. The molecule has 1 amide bonds. The standard InChI is InChI=1S/C22H31N5O4/c1-25-10-12-27(13-11-25)22(28)16-6-8-26(9-7-16)15-20-23-21(24-31-20)17-4-5-18(29-2)19(14-17)30-3/h4-5,14,16H,6-13,15H2,1-3H3. The fraction of sp³-hybridized carbons (Fsp3) is 0.591. The van der Waals surface area contributed by atoms with Crippen molar-refractivity contribution in [1.29, 1.82) is 0 Å². The number of piperazine rings is 1.